The van der Waals surface area contributed by atoms with Gasteiger partial charge in [0.05, 0.1) is 25.4 Å². The maximum atomic E-state index is 12.3. The van der Waals surface area contributed by atoms with Gasteiger partial charge in [0.1, 0.15) is 5.75 Å². The summed E-state index contributed by atoms with van der Waals surface area (Å²) in [6, 6.07) is 4.32. The second-order valence-corrected chi connectivity index (χ2v) is 5.31. The van der Waals surface area contributed by atoms with E-state index < -0.39 is 12.0 Å². The Morgan fingerprint density at radius 3 is 2.61 bits per heavy atom. The summed E-state index contributed by atoms with van der Waals surface area (Å²) in [5.74, 6) is -0.783. The predicted molar refractivity (Wildman–Crippen MR) is 92.8 cm³/mol. The summed E-state index contributed by atoms with van der Waals surface area (Å²) in [5.41, 5.74) is 0.457. The molecule has 8 heteroatoms. The van der Waals surface area contributed by atoms with Crippen LogP contribution < -0.4 is 10.1 Å². The van der Waals surface area contributed by atoms with Crippen LogP contribution in [-0.4, -0.2) is 48.1 Å². The van der Waals surface area contributed by atoms with Gasteiger partial charge in [0, 0.05) is 5.02 Å². The monoisotopic (exact) mass is 364 g/mol. The SMILES string of the molecule is CCCN(CC(=O)O)C(C)C(=O)Nc1cc(Cl)ccc1OC.Cl. The quantitative estimate of drug-likeness (QED) is 0.741. The smallest absolute Gasteiger partial charge is 0.317 e. The highest BCUT2D eigenvalue weighted by Crippen LogP contribution is 2.27. The van der Waals surface area contributed by atoms with E-state index in [0.717, 1.165) is 6.42 Å². The summed E-state index contributed by atoms with van der Waals surface area (Å²) in [5, 5.41) is 12.1. The minimum atomic E-state index is -0.964. The first-order chi connectivity index (χ1) is 10.4. The van der Waals surface area contributed by atoms with Gasteiger partial charge in [0.2, 0.25) is 5.91 Å². The number of carbonyl (C=O) groups is 2. The fraction of sp³-hybridized carbons (Fsp3) is 0.467. The maximum absolute atomic E-state index is 12.3. The van der Waals surface area contributed by atoms with E-state index in [2.05, 4.69) is 5.32 Å². The number of benzene rings is 1. The lowest BCUT2D eigenvalue weighted by molar-refractivity contribution is -0.139. The third-order valence-corrected chi connectivity index (χ3v) is 3.43. The van der Waals surface area contributed by atoms with E-state index in [-0.39, 0.29) is 24.9 Å². The number of halogens is 2. The van der Waals surface area contributed by atoms with Gasteiger partial charge in [-0.2, -0.15) is 0 Å². The van der Waals surface area contributed by atoms with Crippen LogP contribution in [0.25, 0.3) is 0 Å². The molecule has 0 aliphatic carbocycles. The van der Waals surface area contributed by atoms with Crippen LogP contribution >= 0.6 is 24.0 Å². The lowest BCUT2D eigenvalue weighted by Gasteiger charge is -2.26. The second-order valence-electron chi connectivity index (χ2n) is 4.87. The van der Waals surface area contributed by atoms with Gasteiger partial charge >= 0.3 is 5.97 Å². The molecule has 0 saturated heterocycles. The number of carboxylic acids is 1. The van der Waals surface area contributed by atoms with Crippen molar-refractivity contribution in [3.63, 3.8) is 0 Å². The van der Waals surface area contributed by atoms with Crippen LogP contribution in [0.15, 0.2) is 18.2 Å². The molecular weight excluding hydrogens is 343 g/mol. The Kier molecular flexibility index (Phi) is 9.64. The number of hydrogen-bond donors (Lipinski definition) is 2. The molecule has 0 aliphatic heterocycles. The normalized spacial score (nSPS) is 11.5. The van der Waals surface area contributed by atoms with Gasteiger partial charge in [0.15, 0.2) is 0 Å². The van der Waals surface area contributed by atoms with Crippen molar-refractivity contribution >= 4 is 41.6 Å². The Balaban J connectivity index is 0.00000484. The van der Waals surface area contributed by atoms with Crippen LogP contribution in [-0.2, 0) is 9.59 Å². The highest BCUT2D eigenvalue weighted by Gasteiger charge is 2.23. The molecule has 0 fully saturated rings. The van der Waals surface area contributed by atoms with Gasteiger partial charge in [0.25, 0.3) is 0 Å². The molecule has 1 atom stereocenters. The fourth-order valence-electron chi connectivity index (χ4n) is 2.05. The molecule has 0 saturated carbocycles. The summed E-state index contributed by atoms with van der Waals surface area (Å²) >= 11 is 5.92. The van der Waals surface area contributed by atoms with Crippen LogP contribution in [0.1, 0.15) is 20.3 Å². The number of nitrogens with zero attached hydrogens (tertiary/aromatic N) is 1. The van der Waals surface area contributed by atoms with Crippen LogP contribution in [0.2, 0.25) is 5.02 Å². The zero-order chi connectivity index (χ0) is 16.7. The molecule has 0 heterocycles. The number of carboxylic acid groups (broad SMARTS) is 1. The molecule has 0 aromatic heterocycles. The Morgan fingerprint density at radius 1 is 1.43 bits per heavy atom. The van der Waals surface area contributed by atoms with E-state index >= 15 is 0 Å². The number of hydrogen-bond acceptors (Lipinski definition) is 4. The van der Waals surface area contributed by atoms with Crippen LogP contribution in [0.5, 0.6) is 5.75 Å². The molecule has 0 bridgehead atoms. The third-order valence-electron chi connectivity index (χ3n) is 3.20. The highest BCUT2D eigenvalue weighted by molar-refractivity contribution is 6.31. The maximum Gasteiger partial charge on any atom is 0.317 e. The summed E-state index contributed by atoms with van der Waals surface area (Å²) in [4.78, 5) is 24.9. The van der Waals surface area contributed by atoms with Gasteiger partial charge in [-0.15, -0.1) is 12.4 Å². The number of amides is 1. The van der Waals surface area contributed by atoms with Crippen LogP contribution in [0, 0.1) is 0 Å². The number of nitrogens with one attached hydrogen (secondary N) is 1. The molecule has 0 radical (unpaired) electrons. The number of aliphatic carboxylic acids is 1. The molecule has 1 unspecified atom stereocenters. The molecule has 23 heavy (non-hydrogen) atoms. The Morgan fingerprint density at radius 2 is 2.09 bits per heavy atom. The van der Waals surface area contributed by atoms with Crippen LogP contribution in [0.3, 0.4) is 0 Å². The van der Waals surface area contributed by atoms with Crippen molar-refractivity contribution in [1.82, 2.24) is 4.90 Å². The minimum absolute atomic E-state index is 0. The average molecular weight is 365 g/mol. The van der Waals surface area contributed by atoms with Crippen molar-refractivity contribution in [2.24, 2.45) is 0 Å². The van der Waals surface area contributed by atoms with Crippen molar-refractivity contribution in [3.8, 4) is 5.75 Å². The van der Waals surface area contributed by atoms with Gasteiger partial charge in [-0.05, 0) is 38.1 Å². The molecule has 0 aliphatic rings. The summed E-state index contributed by atoms with van der Waals surface area (Å²) in [7, 11) is 1.50. The van der Waals surface area contributed by atoms with Gasteiger partial charge in [-0.25, -0.2) is 0 Å². The first kappa shape index (κ1) is 21.5. The first-order valence-electron chi connectivity index (χ1n) is 6.99. The van der Waals surface area contributed by atoms with Gasteiger partial charge < -0.3 is 15.2 Å². The van der Waals surface area contributed by atoms with E-state index in [1.165, 1.54) is 7.11 Å². The van der Waals surface area contributed by atoms with E-state index in [0.29, 0.717) is 23.0 Å². The largest absolute Gasteiger partial charge is 0.495 e. The molecule has 6 nitrogen and oxygen atoms in total. The lowest BCUT2D eigenvalue weighted by atomic mass is 10.2. The lowest BCUT2D eigenvalue weighted by Crippen LogP contribution is -2.45. The van der Waals surface area contributed by atoms with Crippen molar-refractivity contribution in [2.45, 2.75) is 26.3 Å². The first-order valence-corrected chi connectivity index (χ1v) is 7.37. The van der Waals surface area contributed by atoms with Crippen molar-refractivity contribution in [3.05, 3.63) is 23.2 Å². The summed E-state index contributed by atoms with van der Waals surface area (Å²) in [6.07, 6.45) is 0.755. The van der Waals surface area contributed by atoms with E-state index in [9.17, 15) is 9.59 Å². The van der Waals surface area contributed by atoms with E-state index in [4.69, 9.17) is 21.4 Å². The third kappa shape index (κ3) is 6.64. The number of rotatable bonds is 8. The van der Waals surface area contributed by atoms with E-state index in [1.807, 2.05) is 6.92 Å². The zero-order valence-corrected chi connectivity index (χ0v) is 14.9. The molecule has 130 valence electrons. The number of ether oxygens (including phenoxy) is 1. The topological polar surface area (TPSA) is 78.9 Å². The van der Waals surface area contributed by atoms with Crippen molar-refractivity contribution in [2.75, 3.05) is 25.5 Å². The minimum Gasteiger partial charge on any atom is -0.495 e. The molecule has 0 spiro atoms. The Labute approximate surface area is 147 Å². The van der Waals surface area contributed by atoms with E-state index in [1.54, 1.807) is 30.0 Å². The summed E-state index contributed by atoms with van der Waals surface area (Å²) < 4.78 is 5.17. The standard InChI is InChI=1S/C15H21ClN2O4.ClH/c1-4-7-18(9-14(19)20)10(2)15(21)17-12-8-11(16)5-6-13(12)22-3;/h5-6,8,10H,4,7,9H2,1-3H3,(H,17,21)(H,19,20);1H. The highest BCUT2D eigenvalue weighted by atomic mass is 35.5. The number of methoxy groups -OCH3 is 1. The van der Waals surface area contributed by atoms with Crippen molar-refractivity contribution < 1.29 is 19.4 Å². The summed E-state index contributed by atoms with van der Waals surface area (Å²) in [6.45, 7) is 3.94. The molecule has 1 amide bonds. The fourth-order valence-corrected chi connectivity index (χ4v) is 2.22. The predicted octanol–water partition coefficient (Wildman–Crippen LogP) is 2.89. The van der Waals surface area contributed by atoms with Gasteiger partial charge in [-0.1, -0.05) is 18.5 Å². The Bertz CT molecular complexity index is 540. The molecule has 1 rings (SSSR count). The average Bonchev–Trinajstić information content (AvgIpc) is 2.45. The molecule has 1 aromatic carbocycles. The second kappa shape index (κ2) is 10.3. The Hall–Kier alpha value is -1.50. The molecular formula is C15H22Cl2N2O4. The number of anilines is 1. The van der Waals surface area contributed by atoms with Gasteiger partial charge in [-0.3, -0.25) is 14.5 Å². The molecule has 1 aromatic rings. The number of carbonyl (C=O) groups excluding carboxylic acids is 1. The van der Waals surface area contributed by atoms with Crippen LogP contribution in [0.4, 0.5) is 5.69 Å². The molecule has 2 N–H and O–H groups in total. The van der Waals surface area contributed by atoms with Crippen molar-refractivity contribution in [1.29, 1.82) is 0 Å². The zero-order valence-electron chi connectivity index (χ0n) is 13.3.